The molecule has 1 fully saturated rings. The van der Waals surface area contributed by atoms with Gasteiger partial charge in [-0.1, -0.05) is 36.3 Å². The lowest BCUT2D eigenvalue weighted by Gasteiger charge is -2.04. The predicted octanol–water partition coefficient (Wildman–Crippen LogP) is 3.63. The average molecular weight is 242 g/mol. The third-order valence-electron chi connectivity index (χ3n) is 3.59. The lowest BCUT2D eigenvalue weighted by atomic mass is 10.0. The number of hydrogen-bond donors (Lipinski definition) is 1. The summed E-state index contributed by atoms with van der Waals surface area (Å²) < 4.78 is 5.35. The van der Waals surface area contributed by atoms with Gasteiger partial charge in [-0.2, -0.15) is 0 Å². The maximum Gasteiger partial charge on any atom is 0.154 e. The van der Waals surface area contributed by atoms with E-state index in [0.717, 1.165) is 17.9 Å². The van der Waals surface area contributed by atoms with Crippen molar-refractivity contribution in [1.82, 2.24) is 5.16 Å². The summed E-state index contributed by atoms with van der Waals surface area (Å²) in [5.41, 5.74) is 9.46. The highest BCUT2D eigenvalue weighted by Gasteiger charge is 2.27. The lowest BCUT2D eigenvalue weighted by molar-refractivity contribution is 0.360. The number of nitrogens with zero attached hydrogens (tertiary/aromatic N) is 1. The van der Waals surface area contributed by atoms with Gasteiger partial charge in [-0.15, -0.1) is 0 Å². The Morgan fingerprint density at radius 1 is 1.39 bits per heavy atom. The van der Waals surface area contributed by atoms with E-state index >= 15 is 0 Å². The van der Waals surface area contributed by atoms with Crippen LogP contribution >= 0.6 is 0 Å². The van der Waals surface area contributed by atoms with Crippen LogP contribution in [0.2, 0.25) is 0 Å². The molecule has 0 aliphatic heterocycles. The van der Waals surface area contributed by atoms with E-state index in [-0.39, 0.29) is 6.04 Å². The van der Waals surface area contributed by atoms with Gasteiger partial charge in [0.1, 0.15) is 5.69 Å². The van der Waals surface area contributed by atoms with Crippen molar-refractivity contribution in [2.24, 2.45) is 5.73 Å². The Morgan fingerprint density at radius 3 is 2.89 bits per heavy atom. The number of aromatic nitrogens is 1. The molecule has 0 amide bonds. The molecule has 1 atom stereocenters. The molecule has 0 spiro atoms. The van der Waals surface area contributed by atoms with E-state index in [9.17, 15) is 0 Å². The molecule has 3 nitrogen and oxygen atoms in total. The van der Waals surface area contributed by atoms with E-state index in [2.05, 4.69) is 29.4 Å². The summed E-state index contributed by atoms with van der Waals surface area (Å²) >= 11 is 0. The van der Waals surface area contributed by atoms with E-state index < -0.39 is 0 Å². The molecule has 1 aromatic heterocycles. The Kier molecular flexibility index (Phi) is 2.92. The molecule has 1 unspecified atom stereocenters. The molecule has 3 heteroatoms. The van der Waals surface area contributed by atoms with Crippen molar-refractivity contribution >= 4 is 0 Å². The van der Waals surface area contributed by atoms with Gasteiger partial charge >= 0.3 is 0 Å². The molecule has 3 rings (SSSR count). The van der Waals surface area contributed by atoms with Crippen LogP contribution in [-0.2, 0) is 0 Å². The van der Waals surface area contributed by atoms with E-state index in [0.29, 0.717) is 5.92 Å². The van der Waals surface area contributed by atoms with E-state index in [1.165, 1.54) is 24.0 Å². The first-order valence-corrected chi connectivity index (χ1v) is 6.61. The van der Waals surface area contributed by atoms with Crippen LogP contribution in [0.15, 0.2) is 34.9 Å². The summed E-state index contributed by atoms with van der Waals surface area (Å²) in [6.45, 7) is 2.05. The van der Waals surface area contributed by atoms with Crippen LogP contribution in [0.1, 0.15) is 49.5 Å². The van der Waals surface area contributed by atoms with Crippen molar-refractivity contribution in [3.05, 3.63) is 41.7 Å². The summed E-state index contributed by atoms with van der Waals surface area (Å²) in [6, 6.07) is 10.4. The van der Waals surface area contributed by atoms with Crippen molar-refractivity contribution in [3.63, 3.8) is 0 Å². The Balaban J connectivity index is 1.97. The van der Waals surface area contributed by atoms with Crippen LogP contribution in [0.4, 0.5) is 0 Å². The van der Waals surface area contributed by atoms with Gasteiger partial charge in [0.05, 0.1) is 6.04 Å². The minimum absolute atomic E-state index is 0.0562. The highest BCUT2D eigenvalue weighted by molar-refractivity contribution is 5.65. The zero-order valence-corrected chi connectivity index (χ0v) is 10.6. The van der Waals surface area contributed by atoms with Gasteiger partial charge in [-0.05, 0) is 30.7 Å². The molecule has 94 valence electrons. The molecule has 0 bridgehead atoms. The third-order valence-corrected chi connectivity index (χ3v) is 3.59. The van der Waals surface area contributed by atoms with E-state index in [4.69, 9.17) is 10.3 Å². The fourth-order valence-electron chi connectivity index (χ4n) is 2.27. The second-order valence-electron chi connectivity index (χ2n) is 4.99. The van der Waals surface area contributed by atoms with Gasteiger partial charge in [0.15, 0.2) is 5.76 Å². The average Bonchev–Trinajstić information content (AvgIpc) is 3.15. The normalized spacial score (nSPS) is 16.8. The Labute approximate surface area is 107 Å². The smallest absolute Gasteiger partial charge is 0.154 e. The van der Waals surface area contributed by atoms with Gasteiger partial charge in [0.25, 0.3) is 0 Å². The van der Waals surface area contributed by atoms with Crippen molar-refractivity contribution in [3.8, 4) is 11.3 Å². The van der Waals surface area contributed by atoms with Gasteiger partial charge in [-0.3, -0.25) is 0 Å². The molecular formula is C15H18N2O. The summed E-state index contributed by atoms with van der Waals surface area (Å²) in [4.78, 5) is 0. The van der Waals surface area contributed by atoms with Crippen LogP contribution in [0.5, 0.6) is 0 Å². The minimum atomic E-state index is -0.0562. The van der Waals surface area contributed by atoms with Crippen LogP contribution in [0, 0.1) is 0 Å². The van der Waals surface area contributed by atoms with Gasteiger partial charge < -0.3 is 10.3 Å². The molecule has 0 radical (unpaired) electrons. The monoisotopic (exact) mass is 242 g/mol. The van der Waals surface area contributed by atoms with Crippen LogP contribution < -0.4 is 5.73 Å². The lowest BCUT2D eigenvalue weighted by Crippen LogP contribution is -2.06. The quantitative estimate of drug-likeness (QED) is 0.890. The first kappa shape index (κ1) is 11.5. The number of rotatable bonds is 4. The molecule has 18 heavy (non-hydrogen) atoms. The molecule has 0 saturated heterocycles. The summed E-state index contributed by atoms with van der Waals surface area (Å²) in [7, 11) is 0. The highest BCUT2D eigenvalue weighted by Crippen LogP contribution is 2.44. The maximum absolute atomic E-state index is 5.96. The predicted molar refractivity (Wildman–Crippen MR) is 71.1 cm³/mol. The fraction of sp³-hybridized carbons (Fsp3) is 0.400. The summed E-state index contributed by atoms with van der Waals surface area (Å²) in [5, 5.41) is 4.17. The van der Waals surface area contributed by atoms with E-state index in [1.54, 1.807) is 0 Å². The van der Waals surface area contributed by atoms with Gasteiger partial charge in [0, 0.05) is 11.6 Å². The van der Waals surface area contributed by atoms with E-state index in [1.807, 2.05) is 13.0 Å². The summed E-state index contributed by atoms with van der Waals surface area (Å²) in [6.07, 6.45) is 3.44. The second kappa shape index (κ2) is 4.58. The van der Waals surface area contributed by atoms with Crippen molar-refractivity contribution in [2.75, 3.05) is 0 Å². The standard InChI is InChI=1S/C15H18N2O/c1-2-13(16)15-9-14(17-18-15)12-6-4-3-5-11(12)10-7-8-10/h3-6,9-10,13H,2,7-8,16H2,1H3. The Bertz CT molecular complexity index is 543. The molecular weight excluding hydrogens is 224 g/mol. The Morgan fingerprint density at radius 2 is 2.17 bits per heavy atom. The first-order valence-electron chi connectivity index (χ1n) is 6.61. The van der Waals surface area contributed by atoms with Gasteiger partial charge in [0.2, 0.25) is 0 Å². The van der Waals surface area contributed by atoms with Crippen molar-refractivity contribution in [1.29, 1.82) is 0 Å². The minimum Gasteiger partial charge on any atom is -0.359 e. The molecule has 1 aliphatic rings. The molecule has 2 aromatic rings. The summed E-state index contributed by atoms with van der Waals surface area (Å²) in [5.74, 6) is 1.49. The van der Waals surface area contributed by atoms with Crippen molar-refractivity contribution < 1.29 is 4.52 Å². The van der Waals surface area contributed by atoms with Crippen LogP contribution in [0.25, 0.3) is 11.3 Å². The third kappa shape index (κ3) is 2.06. The Hall–Kier alpha value is -1.61. The van der Waals surface area contributed by atoms with Crippen molar-refractivity contribution in [2.45, 2.75) is 38.1 Å². The van der Waals surface area contributed by atoms with Crippen LogP contribution in [-0.4, -0.2) is 5.16 Å². The molecule has 2 N–H and O–H groups in total. The first-order chi connectivity index (χ1) is 8.79. The molecule has 1 saturated carbocycles. The zero-order chi connectivity index (χ0) is 12.5. The fourth-order valence-corrected chi connectivity index (χ4v) is 2.27. The van der Waals surface area contributed by atoms with Gasteiger partial charge in [-0.25, -0.2) is 0 Å². The SMILES string of the molecule is CCC(N)c1cc(-c2ccccc2C2CC2)no1. The molecule has 1 heterocycles. The van der Waals surface area contributed by atoms with Crippen LogP contribution in [0.3, 0.4) is 0 Å². The number of hydrogen-bond acceptors (Lipinski definition) is 3. The largest absolute Gasteiger partial charge is 0.359 e. The topological polar surface area (TPSA) is 52.0 Å². The molecule has 1 aromatic carbocycles. The number of nitrogens with two attached hydrogens (primary N) is 1. The highest BCUT2D eigenvalue weighted by atomic mass is 16.5. The maximum atomic E-state index is 5.96. The molecule has 1 aliphatic carbocycles. The second-order valence-corrected chi connectivity index (χ2v) is 4.99. The zero-order valence-electron chi connectivity index (χ0n) is 10.6. The number of benzene rings is 1.